The van der Waals surface area contributed by atoms with Gasteiger partial charge in [-0.05, 0) is 110 Å². The number of carboxylic acid groups (broad SMARTS) is 1. The average molecular weight is 648 g/mol. The Morgan fingerprint density at radius 2 is 1.50 bits per heavy atom. The lowest BCUT2D eigenvalue weighted by atomic mass is 9.49. The van der Waals surface area contributed by atoms with Crippen LogP contribution in [0.3, 0.4) is 0 Å². The third-order valence-electron chi connectivity index (χ3n) is 13.1. The van der Waals surface area contributed by atoms with Crippen LogP contribution in [0, 0.1) is 47.3 Å². The second-order valence-corrected chi connectivity index (χ2v) is 15.9. The van der Waals surface area contributed by atoms with E-state index in [9.17, 15) is 9.90 Å². The Morgan fingerprint density at radius 1 is 0.812 bits per heavy atom. The lowest BCUT2D eigenvalue weighted by Gasteiger charge is -2.55. The minimum atomic E-state index is -0.670. The molecule has 48 heavy (non-hydrogen) atoms. The van der Waals surface area contributed by atoms with Crippen molar-refractivity contribution in [1.82, 2.24) is 0 Å². The monoisotopic (exact) mass is 647 g/mol. The van der Waals surface area contributed by atoms with Crippen molar-refractivity contribution in [2.24, 2.45) is 53.1 Å². The number of hydrogen-bond donors (Lipinski definition) is 2. The van der Waals surface area contributed by atoms with Crippen LogP contribution < -0.4 is 5.73 Å². The van der Waals surface area contributed by atoms with E-state index in [-0.39, 0.29) is 29.1 Å². The molecule has 0 unspecified atom stereocenters. The predicted octanol–water partition coefficient (Wildman–Crippen LogP) is 10.7. The van der Waals surface area contributed by atoms with E-state index in [1.807, 2.05) is 6.08 Å². The molecule has 4 aliphatic carbocycles. The van der Waals surface area contributed by atoms with E-state index in [1.54, 1.807) is 0 Å². The molecule has 258 valence electrons. The quantitative estimate of drug-likeness (QED) is 0.201. The van der Waals surface area contributed by atoms with E-state index >= 15 is 0 Å². The Kier molecular flexibility index (Phi) is 12.5. The summed E-state index contributed by atoms with van der Waals surface area (Å²) in [5.74, 6) is 1.37. The first kappa shape index (κ1) is 34.9. The molecule has 0 spiro atoms. The molecule has 0 radical (unpaired) electrons. The highest BCUT2D eigenvalue weighted by Crippen LogP contribution is 2.57. The van der Waals surface area contributed by atoms with Crippen LogP contribution in [0.2, 0.25) is 0 Å². The molecule has 3 heteroatoms. The van der Waals surface area contributed by atoms with Crippen molar-refractivity contribution >= 4 is 5.97 Å². The Labute approximate surface area is 291 Å². The van der Waals surface area contributed by atoms with E-state index in [1.165, 1.54) is 75.3 Å². The van der Waals surface area contributed by atoms with E-state index in [0.717, 1.165) is 44.4 Å². The number of carbonyl (C=O) groups is 1. The molecule has 7 atom stereocenters. The molecule has 3 nitrogen and oxygen atoms in total. The van der Waals surface area contributed by atoms with Crippen LogP contribution in [0.25, 0.3) is 0 Å². The SMILES string of the molecule is NC[C@@H]1C=C[C@@H](C(=O)O)[C@H]2[C@@H]1[C@@H](C[C@@H](C/C=C\CCC1CCCCC1)CCc1ccccc1)C=C[C@@H]2C1(c2ccccc2)CCCCC1. The molecule has 0 aliphatic heterocycles. The summed E-state index contributed by atoms with van der Waals surface area (Å²) in [5.41, 5.74) is 9.36. The summed E-state index contributed by atoms with van der Waals surface area (Å²) in [4.78, 5) is 13.1. The van der Waals surface area contributed by atoms with Gasteiger partial charge in [0.1, 0.15) is 0 Å². The Hall–Kier alpha value is -2.91. The van der Waals surface area contributed by atoms with Crippen molar-refractivity contribution in [2.75, 3.05) is 6.54 Å². The third kappa shape index (κ3) is 8.27. The minimum Gasteiger partial charge on any atom is -0.481 e. The Morgan fingerprint density at radius 3 is 2.21 bits per heavy atom. The zero-order valence-corrected chi connectivity index (χ0v) is 29.3. The van der Waals surface area contributed by atoms with Gasteiger partial charge in [0.15, 0.2) is 0 Å². The first-order valence-electron chi connectivity index (χ1n) is 19.6. The average Bonchev–Trinajstić information content (AvgIpc) is 3.14. The molecule has 0 heterocycles. The Bertz CT molecular complexity index is 1350. The van der Waals surface area contributed by atoms with Gasteiger partial charge >= 0.3 is 5.97 Å². The van der Waals surface area contributed by atoms with Gasteiger partial charge in [0, 0.05) is 5.41 Å². The van der Waals surface area contributed by atoms with Crippen LogP contribution >= 0.6 is 0 Å². The van der Waals surface area contributed by atoms with Crippen LogP contribution in [0.5, 0.6) is 0 Å². The van der Waals surface area contributed by atoms with Crippen molar-refractivity contribution in [1.29, 1.82) is 0 Å². The molecule has 2 aromatic rings. The fraction of sp³-hybridized carbons (Fsp3) is 0.578. The van der Waals surface area contributed by atoms with Crippen LogP contribution in [0.1, 0.15) is 107 Å². The van der Waals surface area contributed by atoms with Crippen molar-refractivity contribution in [2.45, 2.75) is 108 Å². The van der Waals surface area contributed by atoms with Gasteiger partial charge < -0.3 is 10.8 Å². The molecule has 3 N–H and O–H groups in total. The molecule has 2 fully saturated rings. The topological polar surface area (TPSA) is 63.3 Å². The third-order valence-corrected chi connectivity index (χ3v) is 13.1. The van der Waals surface area contributed by atoms with E-state index in [4.69, 9.17) is 5.73 Å². The molecule has 4 aliphatic rings. The summed E-state index contributed by atoms with van der Waals surface area (Å²) in [6.07, 6.45) is 34.3. The fourth-order valence-electron chi connectivity index (χ4n) is 10.6. The van der Waals surface area contributed by atoms with Gasteiger partial charge in [-0.3, -0.25) is 4.79 Å². The standard InChI is InChI=1S/C45H61NO2/c46-33-38-26-28-40(44(47)48)43-41(45(30-14-5-15-31-45)39-22-12-4-13-23-39)29-27-37(42(38)43)32-36(25-24-35-19-9-2-10-20-35)21-11-3-8-18-34-16-6-1-7-17-34/h2-4,9-13,19-20,22-23,26-29,34,36-38,40-43H,1,5-8,14-18,21,24-25,30-33,46H2,(H,47,48)/b11-3-/t36-,37+,38-,40+,41-,42+,43+/m0/s1. The zero-order chi connectivity index (χ0) is 33.2. The summed E-state index contributed by atoms with van der Waals surface area (Å²) < 4.78 is 0. The second-order valence-electron chi connectivity index (χ2n) is 15.9. The number of fused-ring (bicyclic) bond motifs is 1. The lowest BCUT2D eigenvalue weighted by Crippen LogP contribution is -2.52. The first-order valence-corrected chi connectivity index (χ1v) is 19.6. The molecule has 0 amide bonds. The molecule has 6 rings (SSSR count). The smallest absolute Gasteiger partial charge is 0.310 e. The molecule has 0 saturated heterocycles. The first-order chi connectivity index (χ1) is 23.6. The normalized spacial score (nSPS) is 29.4. The molecule has 2 saturated carbocycles. The summed E-state index contributed by atoms with van der Waals surface area (Å²) in [6.45, 7) is 0.579. The van der Waals surface area contributed by atoms with Crippen molar-refractivity contribution in [3.05, 3.63) is 108 Å². The van der Waals surface area contributed by atoms with E-state index in [0.29, 0.717) is 18.4 Å². The number of aryl methyl sites for hydroxylation is 1. The summed E-state index contributed by atoms with van der Waals surface area (Å²) >= 11 is 0. The van der Waals surface area contributed by atoms with Crippen LogP contribution in [0.15, 0.2) is 97.1 Å². The highest BCUT2D eigenvalue weighted by molar-refractivity contribution is 5.73. The largest absolute Gasteiger partial charge is 0.481 e. The predicted molar refractivity (Wildman–Crippen MR) is 200 cm³/mol. The van der Waals surface area contributed by atoms with Gasteiger partial charge in [-0.1, -0.05) is 148 Å². The molecule has 0 aromatic heterocycles. The number of allylic oxidation sites excluding steroid dienone is 4. The molecular formula is C45H61NO2. The van der Waals surface area contributed by atoms with Crippen molar-refractivity contribution in [3.63, 3.8) is 0 Å². The van der Waals surface area contributed by atoms with E-state index < -0.39 is 11.9 Å². The van der Waals surface area contributed by atoms with Crippen LogP contribution in [0.4, 0.5) is 0 Å². The summed E-state index contributed by atoms with van der Waals surface area (Å²) in [6, 6.07) is 22.0. The maximum atomic E-state index is 13.1. The van der Waals surface area contributed by atoms with Gasteiger partial charge in [0.25, 0.3) is 0 Å². The number of carboxylic acids is 1. The van der Waals surface area contributed by atoms with Crippen molar-refractivity contribution in [3.8, 4) is 0 Å². The minimum absolute atomic E-state index is 0.0181. The summed E-state index contributed by atoms with van der Waals surface area (Å²) in [7, 11) is 0. The number of aliphatic carboxylic acids is 1. The van der Waals surface area contributed by atoms with Gasteiger partial charge in [-0.15, -0.1) is 0 Å². The second kappa shape index (κ2) is 17.1. The zero-order valence-electron chi connectivity index (χ0n) is 29.3. The molecule has 0 bridgehead atoms. The highest BCUT2D eigenvalue weighted by Gasteiger charge is 2.54. The highest BCUT2D eigenvalue weighted by atomic mass is 16.4. The summed E-state index contributed by atoms with van der Waals surface area (Å²) in [5, 5.41) is 10.7. The number of hydrogen-bond acceptors (Lipinski definition) is 2. The number of nitrogens with two attached hydrogens (primary N) is 1. The number of benzene rings is 2. The van der Waals surface area contributed by atoms with E-state index in [2.05, 4.69) is 91.0 Å². The van der Waals surface area contributed by atoms with Crippen LogP contribution in [-0.2, 0) is 16.6 Å². The molecular weight excluding hydrogens is 587 g/mol. The van der Waals surface area contributed by atoms with Crippen molar-refractivity contribution < 1.29 is 9.90 Å². The maximum Gasteiger partial charge on any atom is 0.310 e. The van der Waals surface area contributed by atoms with Gasteiger partial charge in [-0.25, -0.2) is 0 Å². The van der Waals surface area contributed by atoms with Gasteiger partial charge in [0.2, 0.25) is 0 Å². The maximum absolute atomic E-state index is 13.1. The lowest BCUT2D eigenvalue weighted by molar-refractivity contribution is -0.145. The molecule has 2 aromatic carbocycles. The Balaban J connectivity index is 1.28. The number of rotatable bonds is 14. The van der Waals surface area contributed by atoms with Gasteiger partial charge in [-0.2, -0.15) is 0 Å². The van der Waals surface area contributed by atoms with Crippen LogP contribution in [-0.4, -0.2) is 17.6 Å². The van der Waals surface area contributed by atoms with Gasteiger partial charge in [0.05, 0.1) is 5.92 Å². The fourth-order valence-corrected chi connectivity index (χ4v) is 10.6.